The number of nitrogens with two attached hydrogens (primary N) is 1. The van der Waals surface area contributed by atoms with Crippen molar-refractivity contribution in [3.8, 4) is 0 Å². The van der Waals surface area contributed by atoms with Crippen molar-refractivity contribution in [1.82, 2.24) is 4.90 Å². The number of para-hydroxylation sites is 1. The molecule has 1 aromatic rings. The summed E-state index contributed by atoms with van der Waals surface area (Å²) >= 11 is 0. The van der Waals surface area contributed by atoms with E-state index in [9.17, 15) is 19.5 Å². The lowest BCUT2D eigenvalue weighted by atomic mass is 9.76. The minimum absolute atomic E-state index is 0.297. The number of quaternary nitrogens is 1. The van der Waals surface area contributed by atoms with Crippen molar-refractivity contribution in [3.63, 3.8) is 0 Å². The second-order valence-corrected chi connectivity index (χ2v) is 8.54. The van der Waals surface area contributed by atoms with Gasteiger partial charge in [0, 0.05) is 11.1 Å². The summed E-state index contributed by atoms with van der Waals surface area (Å²) in [6.07, 6.45) is -0.834. The van der Waals surface area contributed by atoms with Gasteiger partial charge in [-0.25, -0.2) is 0 Å². The van der Waals surface area contributed by atoms with E-state index in [1.54, 1.807) is 39.1 Å². The first kappa shape index (κ1) is 17.2. The molecule has 3 amide bonds. The molecule has 26 heavy (non-hydrogen) atoms. The number of benzene rings is 1. The molecule has 3 aliphatic rings. The summed E-state index contributed by atoms with van der Waals surface area (Å²) in [5, 5.41) is 14.9. The van der Waals surface area contributed by atoms with E-state index in [-0.39, 0.29) is 17.7 Å². The van der Waals surface area contributed by atoms with Gasteiger partial charge in [-0.05, 0) is 33.8 Å². The Hall–Kier alpha value is -2.25. The average Bonchev–Trinajstić information content (AvgIpc) is 3.12. The highest BCUT2D eigenvalue weighted by Crippen LogP contribution is 2.50. The molecule has 1 spiro atoms. The van der Waals surface area contributed by atoms with Crippen LogP contribution in [0.15, 0.2) is 24.3 Å². The number of hydrogen-bond donors (Lipinski definition) is 3. The molecule has 4 N–H and O–H groups in total. The van der Waals surface area contributed by atoms with Crippen LogP contribution in [0.2, 0.25) is 0 Å². The lowest BCUT2D eigenvalue weighted by molar-refractivity contribution is -0.738. The molecule has 0 unspecified atom stereocenters. The monoisotopic (exact) mass is 358 g/mol. The Bertz CT molecular complexity index is 828. The Morgan fingerprint density at radius 3 is 2.46 bits per heavy atom. The zero-order valence-electron chi connectivity index (χ0n) is 15.3. The Morgan fingerprint density at radius 2 is 1.85 bits per heavy atom. The van der Waals surface area contributed by atoms with Crippen LogP contribution in [0.3, 0.4) is 0 Å². The fourth-order valence-electron chi connectivity index (χ4n) is 4.94. The van der Waals surface area contributed by atoms with Gasteiger partial charge < -0.3 is 15.7 Å². The van der Waals surface area contributed by atoms with Crippen molar-refractivity contribution in [3.05, 3.63) is 29.8 Å². The SMILES string of the molecule is C[C@H](O)[C@@H]1[NH2+][C@]2(C(=O)Nc3ccccc32)[C@@H]2C(=O)N(C(C)(C)C)C(=O)[C@H]12. The van der Waals surface area contributed by atoms with E-state index in [2.05, 4.69) is 5.32 Å². The van der Waals surface area contributed by atoms with Crippen molar-refractivity contribution in [2.24, 2.45) is 11.8 Å². The van der Waals surface area contributed by atoms with Gasteiger partial charge in [-0.1, -0.05) is 18.2 Å². The average molecular weight is 358 g/mol. The molecule has 7 heteroatoms. The number of hydrogen-bond acceptors (Lipinski definition) is 4. The number of nitrogens with zero attached hydrogens (tertiary/aromatic N) is 1. The van der Waals surface area contributed by atoms with Gasteiger partial charge in [-0.15, -0.1) is 0 Å². The van der Waals surface area contributed by atoms with E-state index in [0.717, 1.165) is 0 Å². The van der Waals surface area contributed by atoms with Crippen molar-refractivity contribution >= 4 is 23.4 Å². The topological polar surface area (TPSA) is 103 Å². The highest BCUT2D eigenvalue weighted by molar-refractivity contribution is 6.14. The van der Waals surface area contributed by atoms with Crippen LogP contribution in [0.25, 0.3) is 0 Å². The summed E-state index contributed by atoms with van der Waals surface area (Å²) in [4.78, 5) is 40.9. The third-order valence-electron chi connectivity index (χ3n) is 5.94. The van der Waals surface area contributed by atoms with Crippen LogP contribution >= 0.6 is 0 Å². The molecule has 0 aliphatic carbocycles. The quantitative estimate of drug-likeness (QED) is 0.592. The lowest BCUT2D eigenvalue weighted by Gasteiger charge is -2.33. The summed E-state index contributed by atoms with van der Waals surface area (Å²) in [5.41, 5.74) is -0.527. The highest BCUT2D eigenvalue weighted by atomic mass is 16.3. The number of imide groups is 1. The standard InChI is InChI=1S/C19H23N3O4/c1-9(23)14-12-13(16(25)22(15(12)24)18(2,3)4)19(21-14)10-7-5-6-8-11(10)20-17(19)26/h5-9,12-14,21,23H,1-4H3,(H,20,26)/p+1/t9-,12-,13-,14-,19-/m0/s1. The van der Waals surface area contributed by atoms with Crippen molar-refractivity contribution in [2.75, 3.05) is 5.32 Å². The number of nitrogens with one attached hydrogen (secondary N) is 1. The summed E-state index contributed by atoms with van der Waals surface area (Å²) in [6, 6.07) is 6.70. The Labute approximate surface area is 151 Å². The summed E-state index contributed by atoms with van der Waals surface area (Å²) in [7, 11) is 0. The molecule has 3 aliphatic heterocycles. The van der Waals surface area contributed by atoms with Crippen LogP contribution < -0.4 is 10.6 Å². The third kappa shape index (κ3) is 1.92. The number of aliphatic hydroxyl groups excluding tert-OH is 1. The van der Waals surface area contributed by atoms with E-state index in [4.69, 9.17) is 0 Å². The van der Waals surface area contributed by atoms with E-state index >= 15 is 0 Å². The highest BCUT2D eigenvalue weighted by Gasteiger charge is 2.75. The van der Waals surface area contributed by atoms with Crippen LogP contribution in [0, 0.1) is 11.8 Å². The molecule has 0 aromatic heterocycles. The summed E-state index contributed by atoms with van der Waals surface area (Å²) in [5.74, 6) is -2.48. The lowest BCUT2D eigenvalue weighted by Crippen LogP contribution is -3.00. The largest absolute Gasteiger partial charge is 0.387 e. The van der Waals surface area contributed by atoms with Crippen molar-refractivity contribution in [1.29, 1.82) is 0 Å². The van der Waals surface area contributed by atoms with Crippen LogP contribution in [0.1, 0.15) is 33.3 Å². The molecule has 0 bridgehead atoms. The fraction of sp³-hybridized carbons (Fsp3) is 0.526. The number of carbonyl (C=O) groups excluding carboxylic acids is 3. The Morgan fingerprint density at radius 1 is 1.19 bits per heavy atom. The molecule has 7 nitrogen and oxygen atoms in total. The van der Waals surface area contributed by atoms with Gasteiger partial charge in [0.15, 0.2) is 0 Å². The van der Waals surface area contributed by atoms with E-state index in [1.807, 2.05) is 18.2 Å². The normalized spacial score (nSPS) is 34.3. The van der Waals surface area contributed by atoms with Gasteiger partial charge in [0.2, 0.25) is 17.4 Å². The molecule has 2 fully saturated rings. The number of fused-ring (bicyclic) bond motifs is 4. The van der Waals surface area contributed by atoms with E-state index < -0.39 is 35.1 Å². The molecule has 5 atom stereocenters. The zero-order chi connectivity index (χ0) is 19.0. The maximum absolute atomic E-state index is 13.4. The predicted molar refractivity (Wildman–Crippen MR) is 92.7 cm³/mol. The van der Waals surface area contributed by atoms with Crippen LogP contribution in [0.4, 0.5) is 5.69 Å². The molecule has 0 radical (unpaired) electrons. The van der Waals surface area contributed by atoms with Crippen LogP contribution in [-0.4, -0.2) is 45.4 Å². The van der Waals surface area contributed by atoms with Crippen LogP contribution in [0.5, 0.6) is 0 Å². The van der Waals surface area contributed by atoms with Crippen molar-refractivity contribution in [2.45, 2.75) is 50.9 Å². The van der Waals surface area contributed by atoms with E-state index in [1.165, 1.54) is 4.90 Å². The molecular formula is C19H24N3O4+. The molecule has 3 heterocycles. The number of likely N-dealkylation sites (tertiary alicyclic amines) is 1. The van der Waals surface area contributed by atoms with Gasteiger partial charge in [0.05, 0.1) is 5.69 Å². The van der Waals surface area contributed by atoms with E-state index in [0.29, 0.717) is 11.3 Å². The first-order valence-electron chi connectivity index (χ1n) is 8.93. The fourth-order valence-corrected chi connectivity index (χ4v) is 4.94. The Kier molecular flexibility index (Phi) is 3.40. The Balaban J connectivity index is 1.93. The number of anilines is 1. The molecule has 1 aromatic carbocycles. The first-order chi connectivity index (χ1) is 12.1. The number of aliphatic hydroxyl groups is 1. The van der Waals surface area contributed by atoms with Gasteiger partial charge in [0.25, 0.3) is 5.91 Å². The molecule has 138 valence electrons. The molecule has 0 saturated carbocycles. The molecule has 2 saturated heterocycles. The minimum Gasteiger partial charge on any atom is -0.387 e. The van der Waals surface area contributed by atoms with Crippen LogP contribution in [-0.2, 0) is 19.9 Å². The summed E-state index contributed by atoms with van der Waals surface area (Å²) in [6.45, 7) is 7.02. The predicted octanol–water partition coefficient (Wildman–Crippen LogP) is -0.440. The number of rotatable bonds is 1. The minimum atomic E-state index is -1.21. The molecular weight excluding hydrogens is 334 g/mol. The maximum atomic E-state index is 13.4. The van der Waals surface area contributed by atoms with Gasteiger partial charge in [-0.2, -0.15) is 0 Å². The second kappa shape index (κ2) is 5.14. The zero-order valence-corrected chi connectivity index (χ0v) is 15.3. The summed E-state index contributed by atoms with van der Waals surface area (Å²) < 4.78 is 0. The first-order valence-corrected chi connectivity index (χ1v) is 8.93. The molecule has 4 rings (SSSR count). The number of amides is 3. The van der Waals surface area contributed by atoms with Gasteiger partial charge in [-0.3, -0.25) is 19.3 Å². The second-order valence-electron chi connectivity index (χ2n) is 8.54. The third-order valence-corrected chi connectivity index (χ3v) is 5.94. The maximum Gasteiger partial charge on any atom is 0.291 e. The van der Waals surface area contributed by atoms with Crippen molar-refractivity contribution < 1.29 is 24.8 Å². The van der Waals surface area contributed by atoms with Gasteiger partial charge >= 0.3 is 0 Å². The van der Waals surface area contributed by atoms with Gasteiger partial charge in [0.1, 0.15) is 24.0 Å². The smallest absolute Gasteiger partial charge is 0.291 e. The number of carbonyl (C=O) groups is 3.